The highest BCUT2D eigenvalue weighted by atomic mass is 19.1. The Labute approximate surface area is 106 Å². The fourth-order valence-corrected chi connectivity index (χ4v) is 1.50. The fraction of sp³-hybridized carbons (Fsp3) is 0.462. The number of hydrogen-bond acceptors (Lipinski definition) is 4. The summed E-state index contributed by atoms with van der Waals surface area (Å²) in [4.78, 5) is 10.9. The first-order chi connectivity index (χ1) is 8.61. The summed E-state index contributed by atoms with van der Waals surface area (Å²) in [5.74, 6) is -0.678. The molecule has 0 aliphatic heterocycles. The van der Waals surface area contributed by atoms with E-state index in [1.165, 1.54) is 19.2 Å². The van der Waals surface area contributed by atoms with Gasteiger partial charge in [-0.2, -0.15) is 0 Å². The average molecular weight is 255 g/mol. The molecule has 1 rings (SSSR count). The van der Waals surface area contributed by atoms with Crippen LogP contribution in [0, 0.1) is 5.82 Å². The summed E-state index contributed by atoms with van der Waals surface area (Å²) in [5.41, 5.74) is 1.02. The van der Waals surface area contributed by atoms with E-state index in [2.05, 4.69) is 10.1 Å². The number of aliphatic hydroxyl groups is 1. The molecule has 0 bridgehead atoms. The smallest absolute Gasteiger partial charge is 0.308 e. The molecule has 5 heteroatoms. The Morgan fingerprint density at radius 3 is 2.72 bits per heavy atom. The van der Waals surface area contributed by atoms with Crippen LogP contribution < -0.4 is 5.32 Å². The lowest BCUT2D eigenvalue weighted by molar-refractivity contribution is -0.142. The van der Waals surface area contributed by atoms with Gasteiger partial charge < -0.3 is 15.2 Å². The third-order valence-electron chi connectivity index (χ3n) is 2.51. The molecule has 0 spiro atoms. The largest absolute Gasteiger partial charge is 0.469 e. The number of halogens is 1. The Morgan fingerprint density at radius 1 is 1.44 bits per heavy atom. The number of esters is 1. The van der Waals surface area contributed by atoms with Gasteiger partial charge in [-0.15, -0.1) is 0 Å². The zero-order chi connectivity index (χ0) is 13.4. The maximum absolute atomic E-state index is 12.6. The Hall–Kier alpha value is -1.46. The highest BCUT2D eigenvalue weighted by molar-refractivity contribution is 5.69. The lowest BCUT2D eigenvalue weighted by Gasteiger charge is -2.10. The van der Waals surface area contributed by atoms with Gasteiger partial charge in [-0.25, -0.2) is 4.39 Å². The van der Waals surface area contributed by atoms with E-state index in [1.54, 1.807) is 12.1 Å². The van der Waals surface area contributed by atoms with Crippen molar-refractivity contribution >= 4 is 5.97 Å². The summed E-state index contributed by atoms with van der Waals surface area (Å²) >= 11 is 0. The topological polar surface area (TPSA) is 58.6 Å². The van der Waals surface area contributed by atoms with Crippen LogP contribution in [-0.2, 0) is 16.0 Å². The Morgan fingerprint density at radius 2 is 2.11 bits per heavy atom. The number of aliphatic hydroxyl groups excluding tert-OH is 1. The molecule has 0 saturated heterocycles. The number of carbonyl (C=O) groups excluding carboxylic acids is 1. The predicted octanol–water partition coefficient (Wildman–Crippen LogP) is 0.882. The lowest BCUT2D eigenvalue weighted by Crippen LogP contribution is -2.30. The first kappa shape index (κ1) is 14.6. The SMILES string of the molecule is COC(=O)CC(O)CNCCc1ccc(F)cc1. The van der Waals surface area contributed by atoms with E-state index in [0.29, 0.717) is 13.1 Å². The van der Waals surface area contributed by atoms with Crippen LogP contribution in [0.5, 0.6) is 0 Å². The quantitative estimate of drug-likeness (QED) is 0.561. The molecular formula is C13H18FNO3. The number of ether oxygens (including phenoxy) is 1. The van der Waals surface area contributed by atoms with E-state index in [0.717, 1.165) is 12.0 Å². The maximum atomic E-state index is 12.6. The highest BCUT2D eigenvalue weighted by Gasteiger charge is 2.09. The van der Waals surface area contributed by atoms with Gasteiger partial charge in [0.05, 0.1) is 19.6 Å². The second kappa shape index (κ2) is 7.79. The first-order valence-corrected chi connectivity index (χ1v) is 5.82. The summed E-state index contributed by atoms with van der Waals surface area (Å²) in [6, 6.07) is 6.28. The van der Waals surface area contributed by atoms with Crippen molar-refractivity contribution in [3.63, 3.8) is 0 Å². The van der Waals surface area contributed by atoms with E-state index in [-0.39, 0.29) is 12.2 Å². The molecule has 1 aromatic rings. The zero-order valence-corrected chi connectivity index (χ0v) is 10.4. The van der Waals surface area contributed by atoms with Crippen LogP contribution in [0.1, 0.15) is 12.0 Å². The van der Waals surface area contributed by atoms with Gasteiger partial charge in [-0.1, -0.05) is 12.1 Å². The lowest BCUT2D eigenvalue weighted by atomic mass is 10.1. The fourth-order valence-electron chi connectivity index (χ4n) is 1.50. The van der Waals surface area contributed by atoms with Gasteiger partial charge in [0.2, 0.25) is 0 Å². The van der Waals surface area contributed by atoms with Crippen LogP contribution in [0.25, 0.3) is 0 Å². The van der Waals surface area contributed by atoms with Gasteiger partial charge in [-0.3, -0.25) is 4.79 Å². The zero-order valence-electron chi connectivity index (χ0n) is 10.4. The number of nitrogens with one attached hydrogen (secondary N) is 1. The van der Waals surface area contributed by atoms with Crippen molar-refractivity contribution in [3.05, 3.63) is 35.6 Å². The minimum absolute atomic E-state index is 0.0138. The molecule has 0 aliphatic carbocycles. The van der Waals surface area contributed by atoms with E-state index in [1.807, 2.05) is 0 Å². The Balaban J connectivity index is 2.14. The van der Waals surface area contributed by atoms with Gasteiger partial charge in [0.15, 0.2) is 0 Å². The van der Waals surface area contributed by atoms with Crippen molar-refractivity contribution in [3.8, 4) is 0 Å². The number of rotatable bonds is 7. The van der Waals surface area contributed by atoms with Crippen LogP contribution >= 0.6 is 0 Å². The van der Waals surface area contributed by atoms with Gasteiger partial charge in [0.1, 0.15) is 5.82 Å². The summed E-state index contributed by atoms with van der Waals surface area (Å²) in [7, 11) is 1.29. The summed E-state index contributed by atoms with van der Waals surface area (Å²) in [5, 5.41) is 12.5. The van der Waals surface area contributed by atoms with Crippen molar-refractivity contribution < 1.29 is 19.0 Å². The van der Waals surface area contributed by atoms with Crippen molar-refractivity contribution in [1.29, 1.82) is 0 Å². The first-order valence-electron chi connectivity index (χ1n) is 5.82. The molecule has 0 aliphatic rings. The molecule has 1 atom stereocenters. The van der Waals surface area contributed by atoms with E-state index >= 15 is 0 Å². The van der Waals surface area contributed by atoms with E-state index < -0.39 is 12.1 Å². The molecule has 100 valence electrons. The van der Waals surface area contributed by atoms with Gasteiger partial charge in [0.25, 0.3) is 0 Å². The van der Waals surface area contributed by atoms with Crippen molar-refractivity contribution in [2.24, 2.45) is 0 Å². The minimum atomic E-state index is -0.745. The molecule has 1 aromatic carbocycles. The molecule has 0 aromatic heterocycles. The van der Waals surface area contributed by atoms with Crippen molar-refractivity contribution in [2.45, 2.75) is 18.9 Å². The second-order valence-electron chi connectivity index (χ2n) is 4.01. The van der Waals surface area contributed by atoms with Crippen LogP contribution in [-0.4, -0.2) is 37.4 Å². The van der Waals surface area contributed by atoms with Crippen LogP contribution in [0.15, 0.2) is 24.3 Å². The molecule has 0 fully saturated rings. The van der Waals surface area contributed by atoms with Gasteiger partial charge >= 0.3 is 5.97 Å². The molecule has 0 saturated carbocycles. The third-order valence-corrected chi connectivity index (χ3v) is 2.51. The monoisotopic (exact) mass is 255 g/mol. The number of hydrogen-bond donors (Lipinski definition) is 2. The van der Waals surface area contributed by atoms with E-state index in [4.69, 9.17) is 0 Å². The second-order valence-corrected chi connectivity index (χ2v) is 4.01. The number of benzene rings is 1. The number of methoxy groups -OCH3 is 1. The van der Waals surface area contributed by atoms with Gasteiger partial charge in [0, 0.05) is 6.54 Å². The highest BCUT2D eigenvalue weighted by Crippen LogP contribution is 2.02. The predicted molar refractivity (Wildman–Crippen MR) is 65.6 cm³/mol. The minimum Gasteiger partial charge on any atom is -0.469 e. The van der Waals surface area contributed by atoms with Crippen LogP contribution in [0.4, 0.5) is 4.39 Å². The number of carbonyl (C=O) groups is 1. The molecule has 2 N–H and O–H groups in total. The normalized spacial score (nSPS) is 12.2. The molecule has 0 heterocycles. The molecular weight excluding hydrogens is 237 g/mol. The Bertz CT molecular complexity index is 367. The van der Waals surface area contributed by atoms with Crippen molar-refractivity contribution in [1.82, 2.24) is 5.32 Å². The summed E-state index contributed by atoms with van der Waals surface area (Å²) < 4.78 is 17.1. The van der Waals surface area contributed by atoms with E-state index in [9.17, 15) is 14.3 Å². The summed E-state index contributed by atoms with van der Waals surface area (Å²) in [6.45, 7) is 0.986. The molecule has 4 nitrogen and oxygen atoms in total. The average Bonchev–Trinajstić information content (AvgIpc) is 2.36. The maximum Gasteiger partial charge on any atom is 0.308 e. The third kappa shape index (κ3) is 5.75. The van der Waals surface area contributed by atoms with Crippen molar-refractivity contribution in [2.75, 3.05) is 20.2 Å². The van der Waals surface area contributed by atoms with Crippen LogP contribution in [0.3, 0.4) is 0 Å². The summed E-state index contributed by atoms with van der Waals surface area (Å²) in [6.07, 6.45) is -0.0173. The molecule has 1 unspecified atom stereocenters. The Kier molecular flexibility index (Phi) is 6.32. The molecule has 0 radical (unpaired) electrons. The van der Waals surface area contributed by atoms with Gasteiger partial charge in [-0.05, 0) is 30.7 Å². The molecule has 0 amide bonds. The molecule has 18 heavy (non-hydrogen) atoms. The van der Waals surface area contributed by atoms with Crippen LogP contribution in [0.2, 0.25) is 0 Å². The standard InChI is InChI=1S/C13H18FNO3/c1-18-13(17)8-12(16)9-15-7-6-10-2-4-11(14)5-3-10/h2-5,12,15-16H,6-9H2,1H3.